The maximum atomic E-state index is 11.8. The zero-order valence-electron chi connectivity index (χ0n) is 12.9. The van der Waals surface area contributed by atoms with Gasteiger partial charge >= 0.3 is 0 Å². The van der Waals surface area contributed by atoms with Crippen LogP contribution in [0.4, 0.5) is 0 Å². The minimum Gasteiger partial charge on any atom is -0.497 e. The van der Waals surface area contributed by atoms with Gasteiger partial charge < -0.3 is 10.1 Å². The average molecular weight is 320 g/mol. The number of benzene rings is 1. The molecule has 1 heterocycles. The van der Waals surface area contributed by atoms with E-state index in [0.717, 1.165) is 11.4 Å². The van der Waals surface area contributed by atoms with Gasteiger partial charge in [0.2, 0.25) is 5.91 Å². The Bertz CT molecular complexity index is 628. The second kappa shape index (κ2) is 7.84. The number of aromatic nitrogens is 3. The number of methoxy groups -OCH3 is 1. The van der Waals surface area contributed by atoms with Crippen molar-refractivity contribution in [3.05, 3.63) is 30.6 Å². The number of amides is 1. The number of ether oxygens (including phenoxy) is 1. The Hall–Kier alpha value is -2.02. The van der Waals surface area contributed by atoms with Gasteiger partial charge in [-0.3, -0.25) is 9.36 Å². The van der Waals surface area contributed by atoms with Gasteiger partial charge in [-0.25, -0.2) is 0 Å². The molecule has 1 aromatic heterocycles. The maximum Gasteiger partial charge on any atom is 0.230 e. The number of rotatable bonds is 7. The topological polar surface area (TPSA) is 69.0 Å². The van der Waals surface area contributed by atoms with Crippen molar-refractivity contribution in [3.8, 4) is 11.4 Å². The van der Waals surface area contributed by atoms with Crippen molar-refractivity contribution in [3.63, 3.8) is 0 Å². The molecule has 0 aliphatic rings. The van der Waals surface area contributed by atoms with Crippen molar-refractivity contribution in [1.82, 2.24) is 20.1 Å². The first kappa shape index (κ1) is 16.4. The molecule has 0 atom stereocenters. The zero-order valence-corrected chi connectivity index (χ0v) is 13.8. The lowest BCUT2D eigenvalue weighted by Crippen LogP contribution is -2.28. The quantitative estimate of drug-likeness (QED) is 0.792. The van der Waals surface area contributed by atoms with Crippen LogP contribution in [0.15, 0.2) is 35.7 Å². The molecule has 1 aromatic carbocycles. The fraction of sp³-hybridized carbons (Fsp3) is 0.400. The van der Waals surface area contributed by atoms with Crippen LogP contribution in [0, 0.1) is 5.92 Å². The second-order valence-corrected chi connectivity index (χ2v) is 6.11. The highest BCUT2D eigenvalue weighted by Crippen LogP contribution is 2.22. The summed E-state index contributed by atoms with van der Waals surface area (Å²) in [5.74, 6) is 1.51. The second-order valence-electron chi connectivity index (χ2n) is 5.17. The van der Waals surface area contributed by atoms with Crippen LogP contribution in [0.1, 0.15) is 13.8 Å². The monoisotopic (exact) mass is 320 g/mol. The first-order valence-electron chi connectivity index (χ1n) is 7.04. The molecular weight excluding hydrogens is 300 g/mol. The summed E-state index contributed by atoms with van der Waals surface area (Å²) in [6.07, 6.45) is 1.63. The third-order valence-corrected chi connectivity index (χ3v) is 3.83. The molecule has 0 radical (unpaired) electrons. The van der Waals surface area contributed by atoms with Crippen LogP contribution >= 0.6 is 11.8 Å². The smallest absolute Gasteiger partial charge is 0.230 e. The Morgan fingerprint density at radius 3 is 3.00 bits per heavy atom. The van der Waals surface area contributed by atoms with Crippen LogP contribution in [-0.4, -0.2) is 40.1 Å². The summed E-state index contributed by atoms with van der Waals surface area (Å²) in [6.45, 7) is 4.81. The Morgan fingerprint density at radius 2 is 2.27 bits per heavy atom. The molecule has 7 heteroatoms. The third-order valence-electron chi connectivity index (χ3n) is 2.89. The number of nitrogens with zero attached hydrogens (tertiary/aromatic N) is 3. The lowest BCUT2D eigenvalue weighted by atomic mass is 10.2. The minimum absolute atomic E-state index is 0.00103. The van der Waals surface area contributed by atoms with Gasteiger partial charge in [-0.2, -0.15) is 0 Å². The number of hydrogen-bond donors (Lipinski definition) is 1. The fourth-order valence-corrected chi connectivity index (χ4v) is 2.52. The number of carbonyl (C=O) groups excluding carboxylic acids is 1. The van der Waals surface area contributed by atoms with Crippen LogP contribution < -0.4 is 10.1 Å². The van der Waals surface area contributed by atoms with Gasteiger partial charge in [0, 0.05) is 12.6 Å². The number of nitrogens with one attached hydrogen (secondary N) is 1. The summed E-state index contributed by atoms with van der Waals surface area (Å²) in [4.78, 5) is 11.8. The minimum atomic E-state index is -0.00103. The molecule has 22 heavy (non-hydrogen) atoms. The third kappa shape index (κ3) is 4.49. The van der Waals surface area contributed by atoms with Crippen LogP contribution in [-0.2, 0) is 4.79 Å². The number of carbonyl (C=O) groups is 1. The van der Waals surface area contributed by atoms with E-state index < -0.39 is 0 Å². The van der Waals surface area contributed by atoms with Crippen molar-refractivity contribution in [2.45, 2.75) is 19.0 Å². The molecule has 0 bridgehead atoms. The molecule has 0 aliphatic heterocycles. The predicted molar refractivity (Wildman–Crippen MR) is 86.5 cm³/mol. The lowest BCUT2D eigenvalue weighted by molar-refractivity contribution is -0.118. The van der Waals surface area contributed by atoms with Crippen LogP contribution in [0.25, 0.3) is 5.69 Å². The van der Waals surface area contributed by atoms with Gasteiger partial charge in [0.15, 0.2) is 5.16 Å². The summed E-state index contributed by atoms with van der Waals surface area (Å²) in [5, 5.41) is 11.6. The Balaban J connectivity index is 2.02. The van der Waals surface area contributed by atoms with Crippen molar-refractivity contribution < 1.29 is 9.53 Å². The summed E-state index contributed by atoms with van der Waals surface area (Å²) in [6, 6.07) is 7.61. The predicted octanol–water partition coefficient (Wildman–Crippen LogP) is 2.14. The highest BCUT2D eigenvalue weighted by Gasteiger charge is 2.10. The number of hydrogen-bond acceptors (Lipinski definition) is 5. The van der Waals surface area contributed by atoms with E-state index in [2.05, 4.69) is 29.4 Å². The molecular formula is C15H20N4O2S. The van der Waals surface area contributed by atoms with Crippen LogP contribution in [0.2, 0.25) is 0 Å². The molecule has 0 saturated heterocycles. The fourth-order valence-electron chi connectivity index (χ4n) is 1.76. The van der Waals surface area contributed by atoms with E-state index in [4.69, 9.17) is 4.74 Å². The Kier molecular flexibility index (Phi) is 5.83. The molecule has 0 aliphatic carbocycles. The van der Waals surface area contributed by atoms with Gasteiger partial charge in [-0.05, 0) is 18.1 Å². The van der Waals surface area contributed by atoms with Gasteiger partial charge in [0.25, 0.3) is 0 Å². The van der Waals surface area contributed by atoms with E-state index >= 15 is 0 Å². The zero-order chi connectivity index (χ0) is 15.9. The summed E-state index contributed by atoms with van der Waals surface area (Å²) in [5.41, 5.74) is 0.898. The molecule has 0 saturated carbocycles. The van der Waals surface area contributed by atoms with Gasteiger partial charge in [0.05, 0.1) is 18.6 Å². The molecule has 6 nitrogen and oxygen atoms in total. The SMILES string of the molecule is COc1cccc(-n2cnnc2SCC(=O)NCC(C)C)c1. The van der Waals surface area contributed by atoms with E-state index in [1.165, 1.54) is 11.8 Å². The van der Waals surface area contributed by atoms with Crippen molar-refractivity contribution in [2.24, 2.45) is 5.92 Å². The van der Waals surface area contributed by atoms with Gasteiger partial charge in [-0.1, -0.05) is 31.7 Å². The molecule has 0 fully saturated rings. The normalized spacial score (nSPS) is 10.7. The first-order valence-corrected chi connectivity index (χ1v) is 8.02. The Labute approximate surface area is 134 Å². The van der Waals surface area contributed by atoms with E-state index in [9.17, 15) is 4.79 Å². The number of thioether (sulfide) groups is 1. The van der Waals surface area contributed by atoms with E-state index in [1.54, 1.807) is 13.4 Å². The Morgan fingerprint density at radius 1 is 1.45 bits per heavy atom. The lowest BCUT2D eigenvalue weighted by Gasteiger charge is -2.09. The molecule has 2 rings (SSSR count). The van der Waals surface area contributed by atoms with Crippen LogP contribution in [0.3, 0.4) is 0 Å². The molecule has 1 N–H and O–H groups in total. The molecule has 118 valence electrons. The highest BCUT2D eigenvalue weighted by atomic mass is 32.2. The average Bonchev–Trinajstić information content (AvgIpc) is 2.99. The van der Waals surface area contributed by atoms with Crippen LogP contribution in [0.5, 0.6) is 5.75 Å². The van der Waals surface area contributed by atoms with Gasteiger partial charge in [-0.15, -0.1) is 10.2 Å². The molecule has 0 spiro atoms. The van der Waals surface area contributed by atoms with Crippen molar-refractivity contribution in [2.75, 3.05) is 19.4 Å². The molecule has 2 aromatic rings. The maximum absolute atomic E-state index is 11.8. The van der Waals surface area contributed by atoms with Crippen molar-refractivity contribution >= 4 is 17.7 Å². The highest BCUT2D eigenvalue weighted by molar-refractivity contribution is 7.99. The largest absolute Gasteiger partial charge is 0.497 e. The summed E-state index contributed by atoms with van der Waals surface area (Å²) < 4.78 is 7.06. The standard InChI is InChI=1S/C15H20N4O2S/c1-11(2)8-16-14(20)9-22-15-18-17-10-19(15)12-5-4-6-13(7-12)21-3/h4-7,10-11H,8-9H2,1-3H3,(H,16,20). The van der Waals surface area contributed by atoms with Gasteiger partial charge in [0.1, 0.15) is 12.1 Å². The first-order chi connectivity index (χ1) is 10.6. The summed E-state index contributed by atoms with van der Waals surface area (Å²) in [7, 11) is 1.62. The van der Waals surface area contributed by atoms with E-state index in [-0.39, 0.29) is 5.91 Å². The van der Waals surface area contributed by atoms with E-state index in [1.807, 2.05) is 28.8 Å². The summed E-state index contributed by atoms with van der Waals surface area (Å²) >= 11 is 1.36. The van der Waals surface area contributed by atoms with Crippen molar-refractivity contribution in [1.29, 1.82) is 0 Å². The molecule has 1 amide bonds. The molecule has 0 unspecified atom stereocenters. The van der Waals surface area contributed by atoms with E-state index in [0.29, 0.717) is 23.4 Å².